The fraction of sp³-hybridized carbons (Fsp3) is 0.316. The van der Waals surface area contributed by atoms with Crippen LogP contribution >= 0.6 is 11.6 Å². The van der Waals surface area contributed by atoms with E-state index < -0.39 is 10.0 Å². The Morgan fingerprint density at radius 3 is 2.30 bits per heavy atom. The highest BCUT2D eigenvalue weighted by Gasteiger charge is 2.19. The molecule has 27 heavy (non-hydrogen) atoms. The van der Waals surface area contributed by atoms with E-state index >= 15 is 0 Å². The number of sulfonamides is 1. The normalized spacial score (nSPS) is 11.9. The summed E-state index contributed by atoms with van der Waals surface area (Å²) in [4.78, 5) is 12.3. The molecule has 0 bridgehead atoms. The second-order valence-electron chi connectivity index (χ2n) is 6.98. The summed E-state index contributed by atoms with van der Waals surface area (Å²) < 4.78 is 24.8. The van der Waals surface area contributed by atoms with Crippen molar-refractivity contribution in [2.45, 2.75) is 25.8 Å². The number of nitrogens with one attached hydrogen (secondary N) is 2. The summed E-state index contributed by atoms with van der Waals surface area (Å²) in [6.07, 6.45) is 1.06. The van der Waals surface area contributed by atoms with Crippen LogP contribution in [0.25, 0.3) is 0 Å². The van der Waals surface area contributed by atoms with Crippen molar-refractivity contribution in [1.29, 1.82) is 0 Å². The molecule has 146 valence electrons. The van der Waals surface area contributed by atoms with Gasteiger partial charge in [0, 0.05) is 28.2 Å². The third-order valence-electron chi connectivity index (χ3n) is 4.12. The molecule has 2 rings (SSSR count). The Bertz CT molecular complexity index is 925. The number of halogens is 1. The van der Waals surface area contributed by atoms with Crippen molar-refractivity contribution in [3.05, 3.63) is 64.2 Å². The van der Waals surface area contributed by atoms with Crippen LogP contribution in [0, 0.1) is 0 Å². The van der Waals surface area contributed by atoms with Gasteiger partial charge in [-0.15, -0.1) is 0 Å². The number of aliphatic hydroxyl groups excluding tert-OH is 1. The summed E-state index contributed by atoms with van der Waals surface area (Å²) in [6, 6.07) is 11.8. The van der Waals surface area contributed by atoms with E-state index in [-0.39, 0.29) is 24.5 Å². The van der Waals surface area contributed by atoms with Crippen LogP contribution < -0.4 is 10.0 Å². The van der Waals surface area contributed by atoms with Gasteiger partial charge in [-0.25, -0.2) is 8.42 Å². The van der Waals surface area contributed by atoms with Gasteiger partial charge in [-0.1, -0.05) is 43.6 Å². The maximum atomic E-state index is 12.3. The molecule has 0 atom stereocenters. The van der Waals surface area contributed by atoms with E-state index in [1.165, 1.54) is 6.07 Å². The highest BCUT2D eigenvalue weighted by atomic mass is 35.5. The van der Waals surface area contributed by atoms with Gasteiger partial charge < -0.3 is 10.4 Å². The third kappa shape index (κ3) is 5.95. The Morgan fingerprint density at radius 1 is 1.15 bits per heavy atom. The van der Waals surface area contributed by atoms with Crippen molar-refractivity contribution < 1.29 is 18.3 Å². The van der Waals surface area contributed by atoms with E-state index in [1.807, 2.05) is 26.0 Å². The van der Waals surface area contributed by atoms with Gasteiger partial charge >= 0.3 is 0 Å². The molecular formula is C19H23ClN2O4S. The summed E-state index contributed by atoms with van der Waals surface area (Å²) in [5.41, 5.74) is 2.10. The first-order chi connectivity index (χ1) is 12.5. The first-order valence-corrected chi connectivity index (χ1v) is 10.5. The molecule has 0 fully saturated rings. The summed E-state index contributed by atoms with van der Waals surface area (Å²) in [7, 11) is -3.38. The second kappa shape index (κ2) is 8.29. The van der Waals surface area contributed by atoms with Crippen molar-refractivity contribution in [2.75, 3.05) is 17.6 Å². The van der Waals surface area contributed by atoms with E-state index in [4.69, 9.17) is 11.6 Å². The van der Waals surface area contributed by atoms with Crippen LogP contribution in [-0.2, 0) is 22.0 Å². The van der Waals surface area contributed by atoms with E-state index in [0.717, 1.165) is 11.8 Å². The van der Waals surface area contributed by atoms with Crippen molar-refractivity contribution in [3.63, 3.8) is 0 Å². The summed E-state index contributed by atoms with van der Waals surface area (Å²) in [5.74, 6) is -0.252. The molecule has 0 radical (unpaired) electrons. The summed E-state index contributed by atoms with van der Waals surface area (Å²) >= 11 is 6.16. The predicted octanol–water partition coefficient (Wildman–Crippen LogP) is 2.91. The van der Waals surface area contributed by atoms with E-state index in [9.17, 15) is 18.3 Å². The molecule has 0 spiro atoms. The topological polar surface area (TPSA) is 95.5 Å². The van der Waals surface area contributed by atoms with Crippen LogP contribution in [0.1, 0.15) is 35.3 Å². The van der Waals surface area contributed by atoms with Gasteiger partial charge in [-0.05, 0) is 35.4 Å². The number of carbonyl (C=O) groups is 1. The highest BCUT2D eigenvalue weighted by molar-refractivity contribution is 7.92. The van der Waals surface area contributed by atoms with E-state index in [1.54, 1.807) is 24.3 Å². The molecule has 0 heterocycles. The average Bonchev–Trinajstić information content (AvgIpc) is 2.59. The van der Waals surface area contributed by atoms with Crippen LogP contribution in [0.15, 0.2) is 42.5 Å². The lowest BCUT2D eigenvalue weighted by Gasteiger charge is -2.22. The Morgan fingerprint density at radius 2 is 1.78 bits per heavy atom. The molecule has 2 aromatic rings. The minimum atomic E-state index is -3.38. The van der Waals surface area contributed by atoms with Gasteiger partial charge in [0.1, 0.15) is 0 Å². The lowest BCUT2D eigenvalue weighted by atomic mass is 9.85. The summed E-state index contributed by atoms with van der Waals surface area (Å²) in [5, 5.41) is 12.5. The molecule has 3 N–H and O–H groups in total. The molecule has 1 amide bonds. The first kappa shape index (κ1) is 21.2. The van der Waals surface area contributed by atoms with Crippen molar-refractivity contribution in [1.82, 2.24) is 5.32 Å². The number of carbonyl (C=O) groups excluding carboxylic acids is 1. The maximum Gasteiger partial charge on any atom is 0.251 e. The number of hydrogen-bond acceptors (Lipinski definition) is 4. The molecule has 8 heteroatoms. The molecule has 6 nitrogen and oxygen atoms in total. The minimum Gasteiger partial charge on any atom is -0.395 e. The molecule has 0 saturated heterocycles. The van der Waals surface area contributed by atoms with Gasteiger partial charge in [0.05, 0.1) is 12.9 Å². The quantitative estimate of drug-likeness (QED) is 0.654. The SMILES string of the molecule is CC(C)(CO)c1ccc(C(=O)NCc2ccc(NS(C)(=O)=O)cc2Cl)cc1. The molecule has 0 saturated carbocycles. The number of aliphatic hydroxyl groups is 1. The number of anilines is 1. The Hall–Kier alpha value is -2.09. The van der Waals surface area contributed by atoms with Crippen LogP contribution in [0.5, 0.6) is 0 Å². The van der Waals surface area contributed by atoms with Crippen molar-refractivity contribution in [2.24, 2.45) is 0 Å². The Balaban J connectivity index is 2.03. The zero-order valence-corrected chi connectivity index (χ0v) is 17.0. The summed E-state index contributed by atoms with van der Waals surface area (Å²) in [6.45, 7) is 4.07. The van der Waals surface area contributed by atoms with Gasteiger partial charge in [0.2, 0.25) is 10.0 Å². The second-order valence-corrected chi connectivity index (χ2v) is 9.14. The minimum absolute atomic E-state index is 0.0151. The van der Waals surface area contributed by atoms with Crippen LogP contribution in [0.4, 0.5) is 5.69 Å². The first-order valence-electron chi connectivity index (χ1n) is 8.28. The standard InChI is InChI=1S/C19H23ClN2O4S/c1-19(2,12-23)15-7-4-13(5-8-15)18(24)21-11-14-6-9-16(10-17(14)20)22-27(3,25)26/h4-10,22-23H,11-12H2,1-3H3,(H,21,24). The lowest BCUT2D eigenvalue weighted by Crippen LogP contribution is -2.24. The molecular weight excluding hydrogens is 388 g/mol. The number of benzene rings is 2. The van der Waals surface area contributed by atoms with Crippen LogP contribution in [0.2, 0.25) is 5.02 Å². The molecule has 0 unspecified atom stereocenters. The lowest BCUT2D eigenvalue weighted by molar-refractivity contribution is 0.0951. The Labute approximate surface area is 164 Å². The average molecular weight is 411 g/mol. The molecule has 0 aliphatic carbocycles. The Kier molecular flexibility index (Phi) is 6.51. The van der Waals surface area contributed by atoms with Gasteiger partial charge in [-0.3, -0.25) is 9.52 Å². The maximum absolute atomic E-state index is 12.3. The zero-order valence-electron chi connectivity index (χ0n) is 15.4. The predicted molar refractivity (Wildman–Crippen MR) is 108 cm³/mol. The number of rotatable bonds is 7. The van der Waals surface area contributed by atoms with Crippen molar-refractivity contribution >= 4 is 33.2 Å². The number of hydrogen-bond donors (Lipinski definition) is 3. The smallest absolute Gasteiger partial charge is 0.251 e. The third-order valence-corrected chi connectivity index (χ3v) is 5.08. The largest absolute Gasteiger partial charge is 0.395 e. The molecule has 0 aliphatic heterocycles. The van der Waals surface area contributed by atoms with Crippen LogP contribution in [0.3, 0.4) is 0 Å². The van der Waals surface area contributed by atoms with Crippen molar-refractivity contribution in [3.8, 4) is 0 Å². The van der Waals surface area contributed by atoms with E-state index in [0.29, 0.717) is 21.8 Å². The fourth-order valence-corrected chi connectivity index (χ4v) is 3.21. The molecule has 0 aromatic heterocycles. The fourth-order valence-electron chi connectivity index (χ4n) is 2.41. The van der Waals surface area contributed by atoms with E-state index in [2.05, 4.69) is 10.0 Å². The molecule has 0 aliphatic rings. The highest BCUT2D eigenvalue weighted by Crippen LogP contribution is 2.23. The monoisotopic (exact) mass is 410 g/mol. The van der Waals surface area contributed by atoms with Gasteiger partial charge in [-0.2, -0.15) is 0 Å². The zero-order chi connectivity index (χ0) is 20.2. The number of amides is 1. The van der Waals surface area contributed by atoms with Gasteiger partial charge in [0.15, 0.2) is 0 Å². The van der Waals surface area contributed by atoms with Crippen LogP contribution in [-0.4, -0.2) is 32.3 Å². The molecule has 2 aromatic carbocycles. The van der Waals surface area contributed by atoms with Gasteiger partial charge in [0.25, 0.3) is 5.91 Å².